The Bertz CT molecular complexity index is 221. The molecule has 4 nitrogen and oxygen atoms in total. The van der Waals surface area contributed by atoms with Crippen LogP contribution in [0.2, 0.25) is 0 Å². The first-order valence-corrected chi connectivity index (χ1v) is 3.74. The summed E-state index contributed by atoms with van der Waals surface area (Å²) in [6, 6.07) is 3.27. The SMILES string of the molecule is O=S([O-])C(O)n1cccc1. The van der Waals surface area contributed by atoms with E-state index in [0.717, 1.165) is 0 Å². The van der Waals surface area contributed by atoms with E-state index in [4.69, 9.17) is 5.11 Å². The summed E-state index contributed by atoms with van der Waals surface area (Å²) in [7, 11) is 0. The van der Waals surface area contributed by atoms with E-state index in [9.17, 15) is 8.76 Å². The average molecular weight is 160 g/mol. The summed E-state index contributed by atoms with van der Waals surface area (Å²) in [4.78, 5) is 0. The van der Waals surface area contributed by atoms with Gasteiger partial charge in [0.1, 0.15) is 0 Å². The number of aliphatic hydroxyl groups excluding tert-OH is 1. The lowest BCUT2D eigenvalue weighted by Gasteiger charge is -2.14. The highest BCUT2D eigenvalue weighted by atomic mass is 32.2. The molecule has 1 heterocycles. The Hall–Kier alpha value is -0.650. The zero-order valence-corrected chi connectivity index (χ0v) is 5.82. The van der Waals surface area contributed by atoms with Crippen LogP contribution in [0.3, 0.4) is 0 Å². The van der Waals surface area contributed by atoms with E-state index in [-0.39, 0.29) is 0 Å². The molecule has 0 aliphatic carbocycles. The van der Waals surface area contributed by atoms with Crippen molar-refractivity contribution in [2.24, 2.45) is 0 Å². The molecule has 1 rings (SSSR count). The lowest BCUT2D eigenvalue weighted by molar-refractivity contribution is 0.181. The molecule has 1 aromatic rings. The Kier molecular flexibility index (Phi) is 2.21. The van der Waals surface area contributed by atoms with Crippen LogP contribution in [0.4, 0.5) is 0 Å². The third-order valence-electron chi connectivity index (χ3n) is 1.05. The van der Waals surface area contributed by atoms with Gasteiger partial charge in [-0.2, -0.15) is 0 Å². The molecule has 5 heteroatoms. The molecule has 0 aliphatic rings. The average Bonchev–Trinajstić information content (AvgIpc) is 2.36. The van der Waals surface area contributed by atoms with E-state index in [1.54, 1.807) is 12.1 Å². The molecule has 1 aromatic heterocycles. The van der Waals surface area contributed by atoms with Crippen LogP contribution in [0.1, 0.15) is 5.56 Å². The Morgan fingerprint density at radius 1 is 1.50 bits per heavy atom. The van der Waals surface area contributed by atoms with Gasteiger partial charge in [-0.1, -0.05) is 0 Å². The van der Waals surface area contributed by atoms with E-state index in [0.29, 0.717) is 0 Å². The summed E-state index contributed by atoms with van der Waals surface area (Å²) in [5.74, 6) is 0. The number of nitrogens with zero attached hydrogens (tertiary/aromatic N) is 1. The highest BCUT2D eigenvalue weighted by Gasteiger charge is 2.02. The molecule has 0 radical (unpaired) electrons. The summed E-state index contributed by atoms with van der Waals surface area (Å²) in [5.41, 5.74) is -1.46. The molecule has 2 unspecified atom stereocenters. The summed E-state index contributed by atoms with van der Waals surface area (Å²) in [6.45, 7) is 0. The van der Waals surface area contributed by atoms with Gasteiger partial charge in [0.2, 0.25) is 0 Å². The standard InChI is InChI=1S/C5H7NO3S/c7-5(10(8)9)6-3-1-2-4-6/h1-5,7H,(H,8,9)/p-1. The molecule has 0 amide bonds. The number of aromatic nitrogens is 1. The van der Waals surface area contributed by atoms with Gasteiger partial charge in [-0.15, -0.1) is 0 Å². The Morgan fingerprint density at radius 3 is 2.40 bits per heavy atom. The minimum absolute atomic E-state index is 1.18. The second kappa shape index (κ2) is 2.96. The van der Waals surface area contributed by atoms with Crippen molar-refractivity contribution in [2.45, 2.75) is 5.56 Å². The summed E-state index contributed by atoms with van der Waals surface area (Å²) in [6.07, 6.45) is 2.95. The van der Waals surface area contributed by atoms with Crippen molar-refractivity contribution in [3.05, 3.63) is 24.5 Å². The zero-order valence-electron chi connectivity index (χ0n) is 5.01. The van der Waals surface area contributed by atoms with Gasteiger partial charge in [-0.3, -0.25) is 4.21 Å². The third kappa shape index (κ3) is 1.44. The Balaban J connectivity index is 2.77. The first-order chi connectivity index (χ1) is 4.72. The van der Waals surface area contributed by atoms with Gasteiger partial charge in [0, 0.05) is 12.4 Å². The van der Waals surface area contributed by atoms with E-state index >= 15 is 0 Å². The molecule has 56 valence electrons. The summed E-state index contributed by atoms with van der Waals surface area (Å²) in [5, 5.41) is 8.84. The van der Waals surface area contributed by atoms with Crippen molar-refractivity contribution < 1.29 is 13.9 Å². The smallest absolute Gasteiger partial charge is 0.195 e. The van der Waals surface area contributed by atoms with Crippen molar-refractivity contribution in [3.63, 3.8) is 0 Å². The Morgan fingerprint density at radius 2 is 2.00 bits per heavy atom. The first kappa shape index (κ1) is 7.46. The van der Waals surface area contributed by atoms with Gasteiger partial charge in [-0.25, -0.2) is 0 Å². The predicted molar refractivity (Wildman–Crippen MR) is 34.6 cm³/mol. The number of rotatable bonds is 2. The van der Waals surface area contributed by atoms with Crippen LogP contribution < -0.4 is 0 Å². The van der Waals surface area contributed by atoms with E-state index in [1.165, 1.54) is 17.0 Å². The van der Waals surface area contributed by atoms with E-state index in [1.807, 2.05) is 0 Å². The minimum Gasteiger partial charge on any atom is -0.769 e. The van der Waals surface area contributed by atoms with Gasteiger partial charge in [0.15, 0.2) is 5.56 Å². The molecule has 0 saturated heterocycles. The molecule has 10 heavy (non-hydrogen) atoms. The van der Waals surface area contributed by atoms with Crippen LogP contribution in [0.5, 0.6) is 0 Å². The predicted octanol–water partition coefficient (Wildman–Crippen LogP) is -0.184. The fourth-order valence-electron chi connectivity index (χ4n) is 0.594. The van der Waals surface area contributed by atoms with Gasteiger partial charge in [0.25, 0.3) is 0 Å². The van der Waals surface area contributed by atoms with E-state index < -0.39 is 16.6 Å². The monoisotopic (exact) mass is 160 g/mol. The molecule has 0 fully saturated rings. The van der Waals surface area contributed by atoms with Crippen molar-refractivity contribution in [1.82, 2.24) is 4.57 Å². The highest BCUT2D eigenvalue weighted by molar-refractivity contribution is 7.78. The van der Waals surface area contributed by atoms with Gasteiger partial charge >= 0.3 is 0 Å². The molecule has 0 spiro atoms. The first-order valence-electron chi connectivity index (χ1n) is 2.60. The zero-order chi connectivity index (χ0) is 7.56. The van der Waals surface area contributed by atoms with Crippen LogP contribution in [0, 0.1) is 0 Å². The molecule has 0 aromatic carbocycles. The molecule has 1 N–H and O–H groups in total. The number of hydrogen-bond acceptors (Lipinski definition) is 3. The third-order valence-corrected chi connectivity index (χ3v) is 1.64. The second-order valence-electron chi connectivity index (χ2n) is 1.72. The molecular formula is C5H6NO3S-. The van der Waals surface area contributed by atoms with Gasteiger partial charge in [0.05, 0.1) is 0 Å². The second-order valence-corrected chi connectivity index (χ2v) is 2.66. The maximum Gasteiger partial charge on any atom is 0.195 e. The molecule has 0 saturated carbocycles. The largest absolute Gasteiger partial charge is 0.769 e. The molecule has 0 aliphatic heterocycles. The van der Waals surface area contributed by atoms with Crippen molar-refractivity contribution in [3.8, 4) is 0 Å². The van der Waals surface area contributed by atoms with Gasteiger partial charge < -0.3 is 14.2 Å². The highest BCUT2D eigenvalue weighted by Crippen LogP contribution is 2.04. The molecule has 0 bridgehead atoms. The minimum atomic E-state index is -2.47. The Labute approximate surface area is 60.4 Å². The fraction of sp³-hybridized carbons (Fsp3) is 0.200. The van der Waals surface area contributed by atoms with Crippen molar-refractivity contribution >= 4 is 11.1 Å². The molecule has 2 atom stereocenters. The fourth-order valence-corrected chi connectivity index (χ4v) is 0.934. The van der Waals surface area contributed by atoms with Crippen LogP contribution in [-0.2, 0) is 11.1 Å². The number of aliphatic hydroxyl groups is 1. The van der Waals surface area contributed by atoms with Crippen molar-refractivity contribution in [2.75, 3.05) is 0 Å². The number of hydrogen-bond donors (Lipinski definition) is 1. The van der Waals surface area contributed by atoms with E-state index in [2.05, 4.69) is 0 Å². The lowest BCUT2D eigenvalue weighted by atomic mass is 10.7. The molecular weight excluding hydrogens is 154 g/mol. The normalized spacial score (nSPS) is 16.6. The topological polar surface area (TPSA) is 65.3 Å². The summed E-state index contributed by atoms with van der Waals surface area (Å²) >= 11 is -2.47. The van der Waals surface area contributed by atoms with Gasteiger partial charge in [-0.05, 0) is 23.2 Å². The van der Waals surface area contributed by atoms with Crippen molar-refractivity contribution in [1.29, 1.82) is 0 Å². The quantitative estimate of drug-likeness (QED) is 0.610. The van der Waals surface area contributed by atoms with Crippen LogP contribution in [-0.4, -0.2) is 18.4 Å². The van der Waals surface area contributed by atoms with Crippen LogP contribution >= 0.6 is 0 Å². The maximum absolute atomic E-state index is 10.1. The van der Waals surface area contributed by atoms with Crippen LogP contribution in [0.25, 0.3) is 0 Å². The lowest BCUT2D eigenvalue weighted by Crippen LogP contribution is -2.11. The maximum atomic E-state index is 10.1. The van der Waals surface area contributed by atoms with Crippen LogP contribution in [0.15, 0.2) is 24.5 Å². The summed E-state index contributed by atoms with van der Waals surface area (Å²) < 4.78 is 21.4.